The van der Waals surface area contributed by atoms with Crippen LogP contribution in [0.3, 0.4) is 0 Å². The standard InChI is InChI=1S/C28H36F3N5O2/c1-17(2)24(32)27(38)34-14-11-19(12-15-34)36-25(18-9-10-18)21(16-33-36)26(37)35-13-5-8-23(35)20-6-3-4-7-22(20)28(29,30)31/h3-4,6-7,16-19,23-24H,5,8-15,32H2,1-2H3. The van der Waals surface area contributed by atoms with Crippen molar-refractivity contribution in [2.24, 2.45) is 11.7 Å². The number of likely N-dealkylation sites (tertiary alicyclic amines) is 2. The molecule has 10 heteroatoms. The number of nitrogens with zero attached hydrogens (tertiary/aromatic N) is 4. The Morgan fingerprint density at radius 2 is 1.71 bits per heavy atom. The molecule has 2 aliphatic heterocycles. The lowest BCUT2D eigenvalue weighted by atomic mass is 9.97. The van der Waals surface area contributed by atoms with Gasteiger partial charge in [-0.2, -0.15) is 18.3 Å². The van der Waals surface area contributed by atoms with Crippen LogP contribution in [-0.4, -0.2) is 57.1 Å². The van der Waals surface area contributed by atoms with Crippen molar-refractivity contribution in [1.29, 1.82) is 0 Å². The van der Waals surface area contributed by atoms with Gasteiger partial charge < -0.3 is 15.5 Å². The quantitative estimate of drug-likeness (QED) is 0.575. The first-order valence-electron chi connectivity index (χ1n) is 13.7. The van der Waals surface area contributed by atoms with Crippen LogP contribution in [-0.2, 0) is 11.0 Å². The molecule has 0 spiro atoms. The fourth-order valence-corrected chi connectivity index (χ4v) is 5.95. The van der Waals surface area contributed by atoms with E-state index in [1.54, 1.807) is 17.2 Å². The van der Waals surface area contributed by atoms with Crippen LogP contribution in [0.2, 0.25) is 0 Å². The number of amides is 2. The average molecular weight is 532 g/mol. The summed E-state index contributed by atoms with van der Waals surface area (Å²) in [5.74, 6) is 0.0254. The Kier molecular flexibility index (Phi) is 7.28. The Morgan fingerprint density at radius 3 is 2.34 bits per heavy atom. The summed E-state index contributed by atoms with van der Waals surface area (Å²) in [4.78, 5) is 30.0. The van der Waals surface area contributed by atoms with Gasteiger partial charge in [0.25, 0.3) is 5.91 Å². The number of carbonyl (C=O) groups is 2. The molecule has 2 amide bonds. The SMILES string of the molecule is CC(C)C(N)C(=O)N1CCC(n2ncc(C(=O)N3CCCC3c3ccccc3C(F)(F)F)c2C2CC2)CC1. The summed E-state index contributed by atoms with van der Waals surface area (Å²) in [6.07, 6.45) is 1.64. The number of benzene rings is 1. The van der Waals surface area contributed by atoms with Gasteiger partial charge in [-0.05, 0) is 56.1 Å². The highest BCUT2D eigenvalue weighted by Crippen LogP contribution is 2.45. The third-order valence-corrected chi connectivity index (χ3v) is 8.29. The molecule has 2 N–H and O–H groups in total. The van der Waals surface area contributed by atoms with Crippen LogP contribution < -0.4 is 5.73 Å². The molecule has 3 heterocycles. The minimum Gasteiger partial charge on any atom is -0.341 e. The van der Waals surface area contributed by atoms with Crippen molar-refractivity contribution in [3.05, 3.63) is 52.8 Å². The minimum absolute atomic E-state index is 0.0311. The van der Waals surface area contributed by atoms with Gasteiger partial charge >= 0.3 is 6.18 Å². The van der Waals surface area contributed by atoms with Gasteiger partial charge in [0.15, 0.2) is 0 Å². The van der Waals surface area contributed by atoms with Gasteiger partial charge in [-0.1, -0.05) is 32.0 Å². The topological polar surface area (TPSA) is 84.5 Å². The molecule has 206 valence electrons. The number of hydrogen-bond acceptors (Lipinski definition) is 4. The smallest absolute Gasteiger partial charge is 0.341 e. The van der Waals surface area contributed by atoms with Crippen molar-refractivity contribution < 1.29 is 22.8 Å². The van der Waals surface area contributed by atoms with Crippen LogP contribution in [0.5, 0.6) is 0 Å². The monoisotopic (exact) mass is 531 g/mol. The minimum atomic E-state index is -4.48. The lowest BCUT2D eigenvalue weighted by Gasteiger charge is -2.35. The molecular formula is C28H36F3N5O2. The van der Waals surface area contributed by atoms with Gasteiger partial charge in [-0.3, -0.25) is 14.3 Å². The van der Waals surface area contributed by atoms with Crippen LogP contribution in [0.25, 0.3) is 0 Å². The molecule has 2 aromatic rings. The molecule has 2 atom stereocenters. The van der Waals surface area contributed by atoms with Crippen molar-refractivity contribution in [2.75, 3.05) is 19.6 Å². The van der Waals surface area contributed by atoms with Crippen molar-refractivity contribution in [3.8, 4) is 0 Å². The van der Waals surface area contributed by atoms with Gasteiger partial charge in [0, 0.05) is 25.6 Å². The first-order valence-corrected chi connectivity index (χ1v) is 13.7. The largest absolute Gasteiger partial charge is 0.416 e. The first kappa shape index (κ1) is 26.7. The van der Waals surface area contributed by atoms with Gasteiger partial charge in [-0.25, -0.2) is 0 Å². The van der Waals surface area contributed by atoms with Gasteiger partial charge in [0.2, 0.25) is 5.91 Å². The number of halogens is 3. The Balaban J connectivity index is 1.37. The number of rotatable bonds is 6. The summed E-state index contributed by atoms with van der Waals surface area (Å²) in [5, 5.41) is 4.64. The Hall–Kier alpha value is -2.88. The molecule has 0 bridgehead atoms. The van der Waals surface area contributed by atoms with Crippen molar-refractivity contribution in [1.82, 2.24) is 19.6 Å². The summed E-state index contributed by atoms with van der Waals surface area (Å²) < 4.78 is 43.2. The van der Waals surface area contributed by atoms with Crippen LogP contribution in [0.4, 0.5) is 13.2 Å². The zero-order valence-corrected chi connectivity index (χ0v) is 22.0. The van der Waals surface area contributed by atoms with Crippen LogP contribution in [0.1, 0.15) is 97.6 Å². The maximum atomic E-state index is 13.8. The third-order valence-electron chi connectivity index (χ3n) is 8.29. The predicted molar refractivity (Wildman–Crippen MR) is 136 cm³/mol. The van der Waals surface area contributed by atoms with Crippen LogP contribution in [0.15, 0.2) is 30.5 Å². The van der Waals surface area contributed by atoms with Gasteiger partial charge in [0.1, 0.15) is 0 Å². The zero-order chi connectivity index (χ0) is 27.2. The maximum absolute atomic E-state index is 13.8. The summed E-state index contributed by atoms with van der Waals surface area (Å²) in [5.41, 5.74) is 6.95. The second-order valence-electron chi connectivity index (χ2n) is 11.2. The molecule has 1 aromatic carbocycles. The Morgan fingerprint density at radius 1 is 1.03 bits per heavy atom. The molecule has 5 rings (SSSR count). The van der Waals surface area contributed by atoms with E-state index < -0.39 is 23.8 Å². The molecular weight excluding hydrogens is 495 g/mol. The fourth-order valence-electron chi connectivity index (χ4n) is 5.95. The van der Waals surface area contributed by atoms with E-state index in [4.69, 9.17) is 5.73 Å². The second kappa shape index (κ2) is 10.4. The van der Waals surface area contributed by atoms with Crippen molar-refractivity contribution in [3.63, 3.8) is 0 Å². The van der Waals surface area contributed by atoms with E-state index in [-0.39, 0.29) is 35.3 Å². The molecule has 2 unspecified atom stereocenters. The predicted octanol–water partition coefficient (Wildman–Crippen LogP) is 4.90. The van der Waals surface area contributed by atoms with E-state index in [0.717, 1.165) is 37.4 Å². The van der Waals surface area contributed by atoms with E-state index in [1.165, 1.54) is 12.1 Å². The Labute approximate surface area is 221 Å². The normalized spacial score (nSPS) is 21.8. The van der Waals surface area contributed by atoms with E-state index >= 15 is 0 Å². The van der Waals surface area contributed by atoms with E-state index in [9.17, 15) is 22.8 Å². The van der Waals surface area contributed by atoms with Gasteiger partial charge in [0.05, 0.1) is 41.1 Å². The molecule has 7 nitrogen and oxygen atoms in total. The lowest BCUT2D eigenvalue weighted by molar-refractivity contribution is -0.138. The molecule has 1 aliphatic carbocycles. The molecule has 3 fully saturated rings. The van der Waals surface area contributed by atoms with Crippen molar-refractivity contribution >= 4 is 11.8 Å². The molecule has 1 aromatic heterocycles. The fraction of sp³-hybridized carbons (Fsp3) is 0.607. The molecule has 2 saturated heterocycles. The third kappa shape index (κ3) is 5.07. The summed E-state index contributed by atoms with van der Waals surface area (Å²) in [7, 11) is 0. The zero-order valence-electron chi connectivity index (χ0n) is 22.0. The van der Waals surface area contributed by atoms with Crippen LogP contribution in [0, 0.1) is 5.92 Å². The molecule has 0 radical (unpaired) electrons. The summed E-state index contributed by atoms with van der Waals surface area (Å²) >= 11 is 0. The molecule has 1 saturated carbocycles. The lowest BCUT2D eigenvalue weighted by Crippen LogP contribution is -2.49. The van der Waals surface area contributed by atoms with Gasteiger partial charge in [-0.15, -0.1) is 0 Å². The average Bonchev–Trinajstić information content (AvgIpc) is 3.45. The van der Waals surface area contributed by atoms with Crippen LogP contribution >= 0.6 is 0 Å². The number of alkyl halides is 3. The number of aromatic nitrogens is 2. The number of carbonyl (C=O) groups excluding carboxylic acids is 2. The van der Waals surface area contributed by atoms with E-state index in [0.29, 0.717) is 38.0 Å². The summed E-state index contributed by atoms with van der Waals surface area (Å²) in [6.45, 7) is 5.46. The van der Waals surface area contributed by atoms with E-state index in [1.807, 2.05) is 23.4 Å². The molecule has 38 heavy (non-hydrogen) atoms. The number of hydrogen-bond donors (Lipinski definition) is 1. The van der Waals surface area contributed by atoms with E-state index in [2.05, 4.69) is 5.10 Å². The maximum Gasteiger partial charge on any atom is 0.416 e. The number of nitrogens with two attached hydrogens (primary N) is 1. The second-order valence-corrected chi connectivity index (χ2v) is 11.2. The highest BCUT2D eigenvalue weighted by atomic mass is 19.4. The summed E-state index contributed by atoms with van der Waals surface area (Å²) in [6, 6.07) is 4.50. The molecule has 3 aliphatic rings. The Bertz CT molecular complexity index is 1180. The first-order chi connectivity index (χ1) is 18.1. The number of piperidine rings is 1. The highest BCUT2D eigenvalue weighted by Gasteiger charge is 2.42. The van der Waals surface area contributed by atoms with Crippen molar-refractivity contribution in [2.45, 2.75) is 82.6 Å². The highest BCUT2D eigenvalue weighted by molar-refractivity contribution is 5.96.